The molecule has 0 bridgehead atoms. The molecule has 0 saturated carbocycles. The minimum absolute atomic E-state index is 0.278. The molecular weight excluding hydrogens is 354 g/mol. The highest BCUT2D eigenvalue weighted by Crippen LogP contribution is 2.20. The van der Waals surface area contributed by atoms with Crippen LogP contribution in [0.15, 0.2) is 15.8 Å². The Morgan fingerprint density at radius 3 is 2.62 bits per heavy atom. The first-order chi connectivity index (χ1) is 12.5. The van der Waals surface area contributed by atoms with Gasteiger partial charge in [0.25, 0.3) is 11.6 Å². The third-order valence-electron chi connectivity index (χ3n) is 4.24. The van der Waals surface area contributed by atoms with Gasteiger partial charge in [0.15, 0.2) is 11.2 Å². The summed E-state index contributed by atoms with van der Waals surface area (Å²) in [5, 5.41) is 0.839. The molecule has 0 aromatic carbocycles. The SMILES string of the molecule is CCCCn1c(=O)c2c(nc(OCc3ncc(C)s3)n2CC)n(C)c1=O. The number of aromatic nitrogens is 5. The third-order valence-corrected chi connectivity index (χ3v) is 5.13. The Labute approximate surface area is 154 Å². The maximum Gasteiger partial charge on any atom is 0.332 e. The van der Waals surface area contributed by atoms with Gasteiger partial charge in [0, 0.05) is 31.2 Å². The highest BCUT2D eigenvalue weighted by Gasteiger charge is 2.20. The minimum Gasteiger partial charge on any atom is -0.457 e. The number of imidazole rings is 1. The zero-order valence-electron chi connectivity index (χ0n) is 15.5. The predicted molar refractivity (Wildman–Crippen MR) is 101 cm³/mol. The lowest BCUT2D eigenvalue weighted by molar-refractivity contribution is 0.269. The average molecular weight is 377 g/mol. The maximum atomic E-state index is 12.9. The molecule has 0 aliphatic rings. The molecule has 0 aliphatic heterocycles. The lowest BCUT2D eigenvalue weighted by atomic mass is 10.3. The van der Waals surface area contributed by atoms with Crippen molar-refractivity contribution >= 4 is 22.5 Å². The Kier molecular flexibility index (Phi) is 5.26. The van der Waals surface area contributed by atoms with E-state index in [0.717, 1.165) is 22.7 Å². The van der Waals surface area contributed by atoms with E-state index in [0.29, 0.717) is 30.3 Å². The van der Waals surface area contributed by atoms with Gasteiger partial charge in [-0.1, -0.05) is 13.3 Å². The molecule has 0 saturated heterocycles. The van der Waals surface area contributed by atoms with Gasteiger partial charge in [0.05, 0.1) is 0 Å². The van der Waals surface area contributed by atoms with Crippen LogP contribution < -0.4 is 16.0 Å². The van der Waals surface area contributed by atoms with E-state index in [2.05, 4.69) is 9.97 Å². The van der Waals surface area contributed by atoms with E-state index in [1.807, 2.05) is 20.8 Å². The smallest absolute Gasteiger partial charge is 0.332 e. The van der Waals surface area contributed by atoms with Crippen LogP contribution in [0.25, 0.3) is 11.2 Å². The molecule has 0 radical (unpaired) electrons. The second kappa shape index (κ2) is 7.45. The van der Waals surface area contributed by atoms with Gasteiger partial charge in [-0.15, -0.1) is 11.3 Å². The Morgan fingerprint density at radius 2 is 2.00 bits per heavy atom. The summed E-state index contributed by atoms with van der Waals surface area (Å²) in [6.07, 6.45) is 3.47. The standard InChI is InChI=1S/C17H23N5O3S/c1-5-7-8-22-15(23)13-14(20(4)17(22)24)19-16(21(13)6-2)25-10-12-18-9-11(3)26-12/h9H,5-8,10H2,1-4H3. The van der Waals surface area contributed by atoms with Gasteiger partial charge in [-0.25, -0.2) is 9.78 Å². The van der Waals surface area contributed by atoms with Gasteiger partial charge in [-0.3, -0.25) is 18.5 Å². The topological polar surface area (TPSA) is 83.9 Å². The number of nitrogens with zero attached hydrogens (tertiary/aromatic N) is 5. The van der Waals surface area contributed by atoms with Crippen molar-refractivity contribution in [3.63, 3.8) is 0 Å². The number of hydrogen-bond acceptors (Lipinski definition) is 6. The molecule has 0 amide bonds. The number of hydrogen-bond donors (Lipinski definition) is 0. The van der Waals surface area contributed by atoms with Crippen molar-refractivity contribution in [1.82, 2.24) is 23.7 Å². The summed E-state index contributed by atoms with van der Waals surface area (Å²) in [5.74, 6) is 0. The molecule has 3 rings (SSSR count). The van der Waals surface area contributed by atoms with Crippen molar-refractivity contribution in [2.24, 2.45) is 7.05 Å². The molecule has 3 heterocycles. The summed E-state index contributed by atoms with van der Waals surface area (Å²) in [5.41, 5.74) is 0.0839. The lowest BCUT2D eigenvalue weighted by Gasteiger charge is -2.09. The fourth-order valence-corrected chi connectivity index (χ4v) is 3.56. The summed E-state index contributed by atoms with van der Waals surface area (Å²) in [6.45, 7) is 7.13. The molecule has 26 heavy (non-hydrogen) atoms. The molecule has 0 spiro atoms. The number of rotatable bonds is 7. The first-order valence-electron chi connectivity index (χ1n) is 8.72. The summed E-state index contributed by atoms with van der Waals surface area (Å²) in [6, 6.07) is 0.329. The summed E-state index contributed by atoms with van der Waals surface area (Å²) < 4.78 is 10.2. The highest BCUT2D eigenvalue weighted by atomic mass is 32.1. The van der Waals surface area contributed by atoms with Gasteiger partial charge < -0.3 is 4.74 Å². The number of fused-ring (bicyclic) bond motifs is 1. The second-order valence-electron chi connectivity index (χ2n) is 6.12. The highest BCUT2D eigenvalue weighted by molar-refractivity contribution is 7.11. The van der Waals surface area contributed by atoms with E-state index in [1.165, 1.54) is 9.13 Å². The molecule has 9 heteroatoms. The Balaban J connectivity index is 2.08. The fourth-order valence-electron chi connectivity index (χ4n) is 2.86. The molecule has 8 nitrogen and oxygen atoms in total. The van der Waals surface area contributed by atoms with Crippen LogP contribution in [0.5, 0.6) is 6.01 Å². The zero-order chi connectivity index (χ0) is 18.8. The van der Waals surface area contributed by atoms with Crippen molar-refractivity contribution in [3.8, 4) is 6.01 Å². The first kappa shape index (κ1) is 18.4. The predicted octanol–water partition coefficient (Wildman–Crippen LogP) is 2.06. The molecule has 3 aromatic heterocycles. The van der Waals surface area contributed by atoms with Crippen LogP contribution >= 0.6 is 11.3 Å². The van der Waals surface area contributed by atoms with Gasteiger partial charge in [0.2, 0.25) is 0 Å². The van der Waals surface area contributed by atoms with Crippen LogP contribution in [0.1, 0.15) is 36.6 Å². The molecule has 0 atom stereocenters. The minimum atomic E-state index is -0.348. The van der Waals surface area contributed by atoms with E-state index in [9.17, 15) is 9.59 Å². The van der Waals surface area contributed by atoms with E-state index >= 15 is 0 Å². The largest absolute Gasteiger partial charge is 0.457 e. The van der Waals surface area contributed by atoms with Crippen molar-refractivity contribution in [2.75, 3.05) is 0 Å². The van der Waals surface area contributed by atoms with E-state index < -0.39 is 0 Å². The van der Waals surface area contributed by atoms with Crippen molar-refractivity contribution in [2.45, 2.75) is 53.3 Å². The Hall–Kier alpha value is -2.42. The van der Waals surface area contributed by atoms with Crippen molar-refractivity contribution < 1.29 is 4.74 Å². The quantitative estimate of drug-likeness (QED) is 0.629. The summed E-state index contributed by atoms with van der Waals surface area (Å²) in [4.78, 5) is 35.2. The van der Waals surface area contributed by atoms with E-state index in [-0.39, 0.29) is 17.9 Å². The van der Waals surface area contributed by atoms with Crippen LogP contribution in [0, 0.1) is 6.92 Å². The molecule has 3 aromatic rings. The monoisotopic (exact) mass is 377 g/mol. The van der Waals surface area contributed by atoms with Gasteiger partial charge in [-0.2, -0.15) is 4.98 Å². The summed E-state index contributed by atoms with van der Waals surface area (Å²) >= 11 is 1.55. The molecule has 0 fully saturated rings. The normalized spacial score (nSPS) is 11.4. The number of ether oxygens (including phenoxy) is 1. The lowest BCUT2D eigenvalue weighted by Crippen LogP contribution is -2.39. The fraction of sp³-hybridized carbons (Fsp3) is 0.529. The number of aryl methyl sites for hydroxylation is 3. The van der Waals surface area contributed by atoms with Crippen molar-refractivity contribution in [1.29, 1.82) is 0 Å². The Bertz CT molecular complexity index is 1040. The molecular formula is C17H23N5O3S. The van der Waals surface area contributed by atoms with Crippen molar-refractivity contribution in [3.05, 3.63) is 36.9 Å². The number of thiazole rings is 1. The third kappa shape index (κ3) is 3.18. The van der Waals surface area contributed by atoms with E-state index in [1.54, 1.807) is 29.1 Å². The van der Waals surface area contributed by atoms with Gasteiger partial charge >= 0.3 is 5.69 Å². The molecule has 0 aliphatic carbocycles. The maximum absolute atomic E-state index is 12.9. The molecule has 0 unspecified atom stereocenters. The van der Waals surface area contributed by atoms with Crippen LogP contribution in [0.4, 0.5) is 0 Å². The Morgan fingerprint density at radius 1 is 1.23 bits per heavy atom. The van der Waals surface area contributed by atoms with Crippen LogP contribution in [0.3, 0.4) is 0 Å². The van der Waals surface area contributed by atoms with Gasteiger partial charge in [-0.05, 0) is 20.3 Å². The molecule has 140 valence electrons. The first-order valence-corrected chi connectivity index (χ1v) is 9.53. The van der Waals surface area contributed by atoms with Gasteiger partial charge in [0.1, 0.15) is 11.6 Å². The summed E-state index contributed by atoms with van der Waals surface area (Å²) in [7, 11) is 1.63. The average Bonchev–Trinajstić information content (AvgIpc) is 3.21. The van der Waals surface area contributed by atoms with Crippen LogP contribution in [-0.2, 0) is 26.7 Å². The zero-order valence-corrected chi connectivity index (χ0v) is 16.3. The van der Waals surface area contributed by atoms with Crippen LogP contribution in [0.2, 0.25) is 0 Å². The van der Waals surface area contributed by atoms with E-state index in [4.69, 9.17) is 4.74 Å². The number of unbranched alkanes of at least 4 members (excludes halogenated alkanes) is 1. The van der Waals surface area contributed by atoms with Crippen LogP contribution in [-0.4, -0.2) is 23.7 Å². The second-order valence-corrected chi connectivity index (χ2v) is 7.44. The molecule has 0 N–H and O–H groups in total.